The van der Waals surface area contributed by atoms with Crippen LogP contribution in [0.5, 0.6) is 17.2 Å². The minimum absolute atomic E-state index is 0.0985. The van der Waals surface area contributed by atoms with E-state index in [0.717, 1.165) is 18.5 Å². The zero-order valence-electron chi connectivity index (χ0n) is 16.4. The second-order valence-electron chi connectivity index (χ2n) is 6.34. The minimum atomic E-state index is -0.0985. The van der Waals surface area contributed by atoms with E-state index in [9.17, 15) is 4.79 Å². The predicted molar refractivity (Wildman–Crippen MR) is 108 cm³/mol. The summed E-state index contributed by atoms with van der Waals surface area (Å²) in [4.78, 5) is 14.6. The molecule has 0 aromatic heterocycles. The van der Waals surface area contributed by atoms with Gasteiger partial charge < -0.3 is 19.1 Å². The molecule has 0 radical (unpaired) electrons. The van der Waals surface area contributed by atoms with Crippen LogP contribution < -0.4 is 14.2 Å². The van der Waals surface area contributed by atoms with Crippen molar-refractivity contribution < 1.29 is 19.0 Å². The fourth-order valence-electron chi connectivity index (χ4n) is 2.54. The molecule has 144 valence electrons. The van der Waals surface area contributed by atoms with E-state index < -0.39 is 0 Å². The first-order chi connectivity index (χ1) is 13.0. The van der Waals surface area contributed by atoms with Crippen molar-refractivity contribution in [1.29, 1.82) is 0 Å². The molecule has 0 atom stereocenters. The van der Waals surface area contributed by atoms with Crippen LogP contribution in [-0.2, 0) is 0 Å². The molecule has 5 nitrogen and oxygen atoms in total. The molecule has 2 aromatic rings. The molecule has 0 bridgehead atoms. The highest BCUT2D eigenvalue weighted by molar-refractivity contribution is 6.07. The topological polar surface area (TPSA) is 48.0 Å². The van der Waals surface area contributed by atoms with Crippen molar-refractivity contribution >= 4 is 11.9 Å². The van der Waals surface area contributed by atoms with Gasteiger partial charge in [0, 0.05) is 17.7 Å². The Balaban J connectivity index is 2.05. The molecule has 0 amide bonds. The summed E-state index contributed by atoms with van der Waals surface area (Å²) >= 11 is 0. The first-order valence-electron chi connectivity index (χ1n) is 8.85. The molecule has 0 fully saturated rings. The fourth-order valence-corrected chi connectivity index (χ4v) is 2.54. The monoisotopic (exact) mass is 369 g/mol. The summed E-state index contributed by atoms with van der Waals surface area (Å²) in [5.41, 5.74) is 1.36. The van der Waals surface area contributed by atoms with Crippen molar-refractivity contribution in [2.24, 2.45) is 0 Å². The third-order valence-electron chi connectivity index (χ3n) is 3.99. The molecule has 0 unspecified atom stereocenters. The molecule has 0 heterocycles. The number of nitrogens with zero attached hydrogens (tertiary/aromatic N) is 1. The number of hydrogen-bond donors (Lipinski definition) is 0. The molecule has 2 rings (SSSR count). The maximum absolute atomic E-state index is 12.5. The Morgan fingerprint density at radius 3 is 2.56 bits per heavy atom. The van der Waals surface area contributed by atoms with Crippen molar-refractivity contribution in [3.63, 3.8) is 0 Å². The van der Waals surface area contributed by atoms with Crippen LogP contribution in [0.15, 0.2) is 48.5 Å². The van der Waals surface area contributed by atoms with Gasteiger partial charge in [-0.2, -0.15) is 0 Å². The second-order valence-corrected chi connectivity index (χ2v) is 6.34. The molecule has 0 aliphatic heterocycles. The summed E-state index contributed by atoms with van der Waals surface area (Å²) in [6.45, 7) is 1.58. The highest BCUT2D eigenvalue weighted by Crippen LogP contribution is 2.25. The maximum Gasteiger partial charge on any atom is 0.185 e. The molecule has 2 aromatic carbocycles. The second kappa shape index (κ2) is 10.4. The molecule has 5 heteroatoms. The van der Waals surface area contributed by atoms with Gasteiger partial charge in [0.05, 0.1) is 20.8 Å². The molecular formula is C22H27NO4. The van der Waals surface area contributed by atoms with Gasteiger partial charge in [-0.25, -0.2) is 0 Å². The van der Waals surface area contributed by atoms with Gasteiger partial charge in [0.25, 0.3) is 0 Å². The highest BCUT2D eigenvalue weighted by atomic mass is 16.5. The summed E-state index contributed by atoms with van der Waals surface area (Å²) in [5, 5.41) is 0. The Bertz CT molecular complexity index is 784. The van der Waals surface area contributed by atoms with Crippen LogP contribution in [0.2, 0.25) is 0 Å². The lowest BCUT2D eigenvalue weighted by atomic mass is 10.1. The lowest BCUT2D eigenvalue weighted by Crippen LogP contribution is -2.15. The van der Waals surface area contributed by atoms with Gasteiger partial charge in [0.1, 0.15) is 17.2 Å². The van der Waals surface area contributed by atoms with E-state index in [-0.39, 0.29) is 5.78 Å². The van der Waals surface area contributed by atoms with E-state index in [1.165, 1.54) is 6.08 Å². The van der Waals surface area contributed by atoms with E-state index in [4.69, 9.17) is 14.2 Å². The number of ketones is 1. The Labute approximate surface area is 161 Å². The highest BCUT2D eigenvalue weighted by Gasteiger charge is 2.06. The molecule has 27 heavy (non-hydrogen) atoms. The van der Waals surface area contributed by atoms with Crippen LogP contribution in [0.25, 0.3) is 6.08 Å². The lowest BCUT2D eigenvalue weighted by molar-refractivity contribution is 0.104. The summed E-state index contributed by atoms with van der Waals surface area (Å²) < 4.78 is 16.3. The first-order valence-corrected chi connectivity index (χ1v) is 8.85. The number of hydrogen-bond acceptors (Lipinski definition) is 5. The SMILES string of the molecule is COc1ccc(OC)c(C=CC(=O)c2cccc(OCCCN(C)C)c2)c1. The number of methoxy groups -OCH3 is 2. The van der Waals surface area contributed by atoms with Gasteiger partial charge in [-0.1, -0.05) is 12.1 Å². The van der Waals surface area contributed by atoms with Crippen LogP contribution in [0, 0.1) is 0 Å². The zero-order valence-corrected chi connectivity index (χ0v) is 16.4. The lowest BCUT2D eigenvalue weighted by Gasteiger charge is -2.10. The molecule has 0 saturated heterocycles. The normalized spacial score (nSPS) is 11.0. The number of rotatable bonds is 10. The van der Waals surface area contributed by atoms with Crippen LogP contribution in [0.1, 0.15) is 22.3 Å². The molecule has 0 spiro atoms. The molecule has 0 saturated carbocycles. The Morgan fingerprint density at radius 2 is 1.85 bits per heavy atom. The van der Waals surface area contributed by atoms with E-state index in [1.54, 1.807) is 32.4 Å². The van der Waals surface area contributed by atoms with Gasteiger partial charge in [0.2, 0.25) is 0 Å². The van der Waals surface area contributed by atoms with E-state index in [1.807, 2.05) is 44.4 Å². The van der Waals surface area contributed by atoms with Crippen LogP contribution in [0.4, 0.5) is 0 Å². The van der Waals surface area contributed by atoms with Gasteiger partial charge in [0.15, 0.2) is 5.78 Å². The van der Waals surface area contributed by atoms with E-state index in [2.05, 4.69) is 4.90 Å². The third-order valence-corrected chi connectivity index (χ3v) is 3.99. The maximum atomic E-state index is 12.5. The minimum Gasteiger partial charge on any atom is -0.497 e. The summed E-state index contributed by atoms with van der Waals surface area (Å²) in [6.07, 6.45) is 4.19. The Kier molecular flexibility index (Phi) is 7.89. The van der Waals surface area contributed by atoms with Crippen molar-refractivity contribution in [3.8, 4) is 17.2 Å². The van der Waals surface area contributed by atoms with Crippen LogP contribution in [0.3, 0.4) is 0 Å². The summed E-state index contributed by atoms with van der Waals surface area (Å²) in [7, 11) is 7.26. The molecule has 0 aliphatic rings. The van der Waals surface area contributed by atoms with Gasteiger partial charge in [-0.15, -0.1) is 0 Å². The number of carbonyl (C=O) groups is 1. The van der Waals surface area contributed by atoms with Crippen LogP contribution >= 0.6 is 0 Å². The number of allylic oxidation sites excluding steroid dienone is 1. The number of ether oxygens (including phenoxy) is 3. The fraction of sp³-hybridized carbons (Fsp3) is 0.318. The molecule has 0 aliphatic carbocycles. The van der Waals surface area contributed by atoms with E-state index in [0.29, 0.717) is 29.4 Å². The standard InChI is InChI=1S/C22H27NO4/c1-23(2)13-6-14-27-20-8-5-7-17(15-20)21(24)11-9-18-16-19(25-3)10-12-22(18)26-4/h5,7-12,15-16H,6,13-14H2,1-4H3. The van der Waals surface area contributed by atoms with Gasteiger partial charge in [-0.05, 0) is 63.0 Å². The van der Waals surface area contributed by atoms with E-state index >= 15 is 0 Å². The molecule has 0 N–H and O–H groups in total. The quantitative estimate of drug-likeness (QED) is 0.361. The number of benzene rings is 2. The van der Waals surface area contributed by atoms with Crippen molar-refractivity contribution in [2.45, 2.75) is 6.42 Å². The first kappa shape index (κ1) is 20.5. The van der Waals surface area contributed by atoms with Crippen molar-refractivity contribution in [3.05, 3.63) is 59.7 Å². The van der Waals surface area contributed by atoms with Crippen molar-refractivity contribution in [1.82, 2.24) is 4.90 Å². The predicted octanol–water partition coefficient (Wildman–Crippen LogP) is 3.93. The van der Waals surface area contributed by atoms with Crippen LogP contribution in [-0.4, -0.2) is 52.1 Å². The smallest absolute Gasteiger partial charge is 0.185 e. The van der Waals surface area contributed by atoms with Crippen molar-refractivity contribution in [2.75, 3.05) is 41.5 Å². The third kappa shape index (κ3) is 6.46. The average molecular weight is 369 g/mol. The Morgan fingerprint density at radius 1 is 1.04 bits per heavy atom. The summed E-state index contributed by atoms with van der Waals surface area (Å²) in [6, 6.07) is 12.7. The molecular weight excluding hydrogens is 342 g/mol. The van der Waals surface area contributed by atoms with Gasteiger partial charge in [-0.3, -0.25) is 4.79 Å². The largest absolute Gasteiger partial charge is 0.497 e. The number of carbonyl (C=O) groups excluding carboxylic acids is 1. The van der Waals surface area contributed by atoms with Gasteiger partial charge >= 0.3 is 0 Å². The average Bonchev–Trinajstić information content (AvgIpc) is 2.69. The Hall–Kier alpha value is -2.79. The zero-order chi connectivity index (χ0) is 19.6. The summed E-state index contributed by atoms with van der Waals surface area (Å²) in [5.74, 6) is 1.99.